The van der Waals surface area contributed by atoms with Gasteiger partial charge in [-0.3, -0.25) is 14.5 Å². The number of methoxy groups -OCH3 is 2. The molecule has 2 bridgehead atoms. The molecule has 3 aliphatic rings. The number of aliphatic hydroxyl groups excluding tert-OH is 1. The molecular weight excluding hydrogens is 1090 g/mol. The van der Waals surface area contributed by atoms with Crippen LogP contribution < -0.4 is 37.6 Å². The number of pyridine rings is 1. The number of benzene rings is 2. The van der Waals surface area contributed by atoms with E-state index in [1.807, 2.05) is 17.4 Å². The smallest absolute Gasteiger partial charge is 0.407 e. The van der Waals surface area contributed by atoms with Gasteiger partial charge in [0.1, 0.15) is 29.5 Å². The highest BCUT2D eigenvalue weighted by molar-refractivity contribution is 6.09. The molecule has 4 heterocycles. The number of aliphatic hydroxyl groups is 1. The van der Waals surface area contributed by atoms with Gasteiger partial charge >= 0.3 is 31.1 Å². The van der Waals surface area contributed by atoms with Crippen LogP contribution in [0.15, 0.2) is 65.9 Å². The zero-order valence-corrected chi connectivity index (χ0v) is 44.9. The summed E-state index contributed by atoms with van der Waals surface area (Å²) in [5, 5.41) is 20.2. The number of nitrogens with one attached hydrogen (secondary N) is 4. The molecule has 3 fully saturated rings. The van der Waals surface area contributed by atoms with Gasteiger partial charge in [0.15, 0.2) is 0 Å². The maximum atomic E-state index is 15.1. The predicted molar refractivity (Wildman–Crippen MR) is 276 cm³/mol. The molecule has 2 unspecified atom stereocenters. The number of allylic oxidation sites excluding steroid dienone is 1. The summed E-state index contributed by atoms with van der Waals surface area (Å²) in [6.07, 6.45) is -8.40. The number of ether oxygens (including phenoxy) is 3. The van der Waals surface area contributed by atoms with Crippen molar-refractivity contribution < 1.29 is 82.4 Å². The van der Waals surface area contributed by atoms with Crippen LogP contribution >= 0.6 is 0 Å². The Hall–Kier alpha value is -7.22. The molecule has 3 saturated heterocycles. The molecule has 0 radical (unpaired) electrons. The minimum Gasteiger partial charge on any atom is -0.453 e. The van der Waals surface area contributed by atoms with Gasteiger partial charge in [-0.1, -0.05) is 24.0 Å². The number of aromatic nitrogens is 1. The summed E-state index contributed by atoms with van der Waals surface area (Å²) < 4.78 is 150. The van der Waals surface area contributed by atoms with Crippen LogP contribution in [0, 0.1) is 34.3 Å². The molecule has 6 rings (SSSR count). The number of alkyl carbamates (subject to hydrolysis) is 2. The van der Waals surface area contributed by atoms with Crippen LogP contribution in [-0.2, 0) is 36.8 Å². The molecule has 18 nitrogen and oxygen atoms in total. The maximum Gasteiger partial charge on any atom is 0.407 e. The van der Waals surface area contributed by atoms with E-state index in [2.05, 4.69) is 46.7 Å². The first-order valence-corrected chi connectivity index (χ1v) is 25.1. The number of aliphatic imine (C=N–C) groups is 1. The lowest BCUT2D eigenvalue weighted by molar-refractivity contribution is -0.220. The topological polar surface area (TPSA) is 248 Å². The van der Waals surface area contributed by atoms with Crippen LogP contribution in [0.4, 0.5) is 59.3 Å². The third-order valence-corrected chi connectivity index (χ3v) is 14.2. The zero-order valence-electron chi connectivity index (χ0n) is 44.9. The Labute approximate surface area is 460 Å². The molecular formula is C53H64F10N10O8. The van der Waals surface area contributed by atoms with Crippen LogP contribution in [0.3, 0.4) is 0 Å². The fourth-order valence-corrected chi connectivity index (χ4v) is 8.96. The van der Waals surface area contributed by atoms with E-state index in [-0.39, 0.29) is 17.6 Å². The number of piperazine rings is 1. The second-order valence-corrected chi connectivity index (χ2v) is 20.4. The average molecular weight is 1160 g/mol. The lowest BCUT2D eigenvalue weighted by atomic mass is 9.82. The minimum absolute atomic E-state index is 0.151. The number of nitrogens with zero attached hydrogens (tertiary/aromatic N) is 4. The van der Waals surface area contributed by atoms with Crippen LogP contribution in [0.2, 0.25) is 0 Å². The van der Waals surface area contributed by atoms with Crippen molar-refractivity contribution in [3.63, 3.8) is 0 Å². The van der Waals surface area contributed by atoms with E-state index < -0.39 is 108 Å². The van der Waals surface area contributed by atoms with E-state index in [0.29, 0.717) is 54.9 Å². The molecule has 1 aromatic heterocycles. The summed E-state index contributed by atoms with van der Waals surface area (Å²) >= 11 is 0. The molecule has 0 aliphatic carbocycles. The lowest BCUT2D eigenvalue weighted by Gasteiger charge is -2.47. The molecule has 0 saturated carbocycles. The Morgan fingerprint density at radius 1 is 0.827 bits per heavy atom. The predicted octanol–water partition coefficient (Wildman–Crippen LogP) is 5.68. The summed E-state index contributed by atoms with van der Waals surface area (Å²) in [6.45, 7) is 2.46. The molecule has 3 aromatic rings. The number of primary amides is 1. The van der Waals surface area contributed by atoms with Crippen molar-refractivity contribution in [1.29, 1.82) is 0 Å². The van der Waals surface area contributed by atoms with E-state index in [4.69, 9.17) is 21.2 Å². The zero-order chi connectivity index (χ0) is 60.2. The molecule has 444 valence electrons. The lowest BCUT2D eigenvalue weighted by Crippen LogP contribution is -2.62. The van der Waals surface area contributed by atoms with Gasteiger partial charge in [-0.25, -0.2) is 28.3 Å². The molecule has 28 heteroatoms. The first-order chi connectivity index (χ1) is 37.9. The van der Waals surface area contributed by atoms with Crippen molar-refractivity contribution in [1.82, 2.24) is 31.2 Å². The Kier molecular flexibility index (Phi) is 21.9. The second-order valence-electron chi connectivity index (χ2n) is 20.4. The summed E-state index contributed by atoms with van der Waals surface area (Å²) in [5.74, 6) is 2.35. The highest BCUT2D eigenvalue weighted by atomic mass is 19.4. The highest BCUT2D eigenvalue weighted by Gasteiger charge is 2.57. The minimum atomic E-state index is -4.98. The van der Waals surface area contributed by atoms with Crippen molar-refractivity contribution >= 4 is 41.6 Å². The fourth-order valence-electron chi connectivity index (χ4n) is 8.96. The highest BCUT2D eigenvalue weighted by Crippen LogP contribution is 2.42. The number of anilines is 1. The quantitative estimate of drug-likeness (QED) is 0.0331. The van der Waals surface area contributed by atoms with Gasteiger partial charge in [0.2, 0.25) is 11.8 Å². The van der Waals surface area contributed by atoms with Gasteiger partial charge in [0.25, 0.3) is 0 Å². The normalized spacial score (nSPS) is 18.5. The maximum absolute atomic E-state index is 15.1. The van der Waals surface area contributed by atoms with Gasteiger partial charge in [-0.05, 0) is 94.5 Å². The van der Waals surface area contributed by atoms with Gasteiger partial charge in [0.05, 0.1) is 56.5 Å². The average Bonchev–Trinajstić information content (AvgIpc) is 3.86. The number of carbonyl (C=O) groups excluding carboxylic acids is 4. The van der Waals surface area contributed by atoms with Gasteiger partial charge in [0, 0.05) is 79.1 Å². The largest absolute Gasteiger partial charge is 0.453 e. The summed E-state index contributed by atoms with van der Waals surface area (Å²) in [7, 11) is 1.88. The van der Waals surface area contributed by atoms with Gasteiger partial charge in [-0.2, -0.15) is 35.1 Å². The number of hydrogen-bond acceptors (Lipinski definition) is 14. The number of amides is 4. The number of halogens is 10. The molecule has 81 heavy (non-hydrogen) atoms. The number of likely N-dealkylation sites (tertiary alicyclic amines) is 1. The standard InChI is InChI=1S/C45H51F7N8O5.C8H13F3N2O3/c1-44(2,45(50,51)52)40(58-43(63)64-3)41(62)57-37(38(61)21-54-20-34-35(46)15-29(16-36(34)47)30(17-53)19-56-42(48)49)14-27-7-4-26(5-8-27)6-9-28-10-13-39(55-18-28)60-31-11-12-32(60)23-59(22-31)33-24-65-25-33;1-7(2,8(9,10)11)4(5(12)14)13-6(15)16-3/h4-5,7-8,10,13,15-19,31-33,37-38,40,42,54,61H,11-12,14,20-25,53H2,1-3H3,(H,57,62)(H,58,63);4H,1-3H3,(H2,12,14)(H,13,15)/t31?,32?,37-,38-,40+;4-/m01/s1. The summed E-state index contributed by atoms with van der Waals surface area (Å²) in [6, 6.07) is 8.15. The fraction of sp³-hybridized carbons (Fsp3) is 0.509. The van der Waals surface area contributed by atoms with E-state index in [1.54, 1.807) is 35.8 Å². The molecule has 6 atom stereocenters. The monoisotopic (exact) mass is 1160 g/mol. The Morgan fingerprint density at radius 3 is 1.83 bits per heavy atom. The van der Waals surface area contributed by atoms with E-state index in [9.17, 15) is 59.4 Å². The molecule has 4 amide bonds. The Balaban J connectivity index is 0.000000652. The van der Waals surface area contributed by atoms with Crippen LogP contribution in [0.1, 0.15) is 68.4 Å². The van der Waals surface area contributed by atoms with Crippen molar-refractivity contribution in [2.45, 2.75) is 115 Å². The van der Waals surface area contributed by atoms with Crippen molar-refractivity contribution in [2.24, 2.45) is 27.3 Å². The molecule has 0 spiro atoms. The summed E-state index contributed by atoms with van der Waals surface area (Å²) in [5.41, 5.74) is 5.91. The van der Waals surface area contributed by atoms with Crippen molar-refractivity contribution in [3.8, 4) is 11.8 Å². The summed E-state index contributed by atoms with van der Waals surface area (Å²) in [4.78, 5) is 60.0. The third-order valence-electron chi connectivity index (χ3n) is 14.2. The first kappa shape index (κ1) is 64.6. The van der Waals surface area contributed by atoms with Crippen LogP contribution in [0.25, 0.3) is 5.57 Å². The van der Waals surface area contributed by atoms with E-state index in [1.165, 1.54) is 0 Å². The van der Waals surface area contributed by atoms with Gasteiger partial charge < -0.3 is 57.0 Å². The third kappa shape index (κ3) is 16.7. The van der Waals surface area contributed by atoms with Gasteiger partial charge in [-0.15, -0.1) is 0 Å². The number of carbonyl (C=O) groups is 4. The molecule has 9 N–H and O–H groups in total. The molecule has 3 aliphatic heterocycles. The Bertz CT molecular complexity index is 2750. The van der Waals surface area contributed by atoms with Crippen molar-refractivity contribution in [2.75, 3.05) is 52.0 Å². The van der Waals surface area contributed by atoms with E-state index >= 15 is 8.78 Å². The number of fused-ring (bicyclic) bond motifs is 2. The Morgan fingerprint density at radius 2 is 1.36 bits per heavy atom. The molecule has 2 aromatic carbocycles. The second kappa shape index (κ2) is 27.5. The first-order valence-electron chi connectivity index (χ1n) is 25.1. The van der Waals surface area contributed by atoms with Crippen molar-refractivity contribution in [3.05, 3.63) is 100 Å². The number of nitrogens with two attached hydrogens (primary N) is 2. The van der Waals surface area contributed by atoms with E-state index in [0.717, 1.165) is 91.4 Å². The number of alkyl halides is 8. The number of hydrogen-bond donors (Lipinski definition) is 7. The van der Waals surface area contributed by atoms with Crippen LogP contribution in [0.5, 0.6) is 0 Å². The number of rotatable bonds is 19. The SMILES string of the molecule is COC(=O)N[C@H](C(=O)N[C@@H](Cc1ccc(C#Cc2ccc(N3C4CCC3CN(C3COC3)C4)nc2)cc1)[C@@H](O)CNCc1c(F)cc(C(C=NC(F)F)=CN)cc1F)C(C)(C)C(F)(F)F.COC(=O)N[C@H](C(N)=O)C(C)(C)C(F)(F)F. The van der Waals surface area contributed by atoms with Crippen LogP contribution in [-0.4, -0.2) is 154 Å².